The summed E-state index contributed by atoms with van der Waals surface area (Å²) in [6.07, 6.45) is 1.27. The Hall–Kier alpha value is -3.83. The fourth-order valence-electron chi connectivity index (χ4n) is 4.15. The Morgan fingerprint density at radius 3 is 2.43 bits per heavy atom. The summed E-state index contributed by atoms with van der Waals surface area (Å²) in [5, 5.41) is 17.9. The summed E-state index contributed by atoms with van der Waals surface area (Å²) in [5.74, 6) is 1.61. The van der Waals surface area contributed by atoms with Gasteiger partial charge < -0.3 is 25.2 Å². The summed E-state index contributed by atoms with van der Waals surface area (Å²) in [5.41, 5.74) is 0.0306. The van der Waals surface area contributed by atoms with Crippen LogP contribution in [0.4, 0.5) is 22.4 Å². The Kier molecular flexibility index (Phi) is 7.03. The number of ether oxygens (including phenoxy) is 1. The number of nitrogens with zero attached hydrogens (tertiary/aromatic N) is 6. The van der Waals surface area contributed by atoms with Gasteiger partial charge in [-0.1, -0.05) is 13.8 Å². The lowest BCUT2D eigenvalue weighted by molar-refractivity contribution is -0.140. The summed E-state index contributed by atoms with van der Waals surface area (Å²) >= 11 is 0. The van der Waals surface area contributed by atoms with Gasteiger partial charge in [0.1, 0.15) is 16.7 Å². The van der Waals surface area contributed by atoms with Gasteiger partial charge in [-0.15, -0.1) is 5.10 Å². The zero-order valence-electron chi connectivity index (χ0n) is 22.6. The molecule has 3 N–H and O–H groups in total. The van der Waals surface area contributed by atoms with Crippen molar-refractivity contribution in [1.82, 2.24) is 35.0 Å². The van der Waals surface area contributed by atoms with E-state index in [4.69, 9.17) is 9.72 Å². The minimum atomic E-state index is -1.09. The van der Waals surface area contributed by atoms with E-state index in [1.54, 1.807) is 37.1 Å². The van der Waals surface area contributed by atoms with Gasteiger partial charge in [0, 0.05) is 44.1 Å². The SMILES string of the molecule is Cc1cc(Nc2nc(N3CCN(C(=O)C(C)(NC(=O)OC(C)(C)C)C(C)C)CC3)nn3cccc23)n[nH]1. The Labute approximate surface area is 216 Å². The minimum absolute atomic E-state index is 0.133. The van der Waals surface area contributed by atoms with Gasteiger partial charge in [0.25, 0.3) is 0 Å². The minimum Gasteiger partial charge on any atom is -0.444 e. The second kappa shape index (κ2) is 9.91. The van der Waals surface area contributed by atoms with E-state index in [0.29, 0.717) is 43.8 Å². The highest BCUT2D eigenvalue weighted by molar-refractivity contribution is 5.90. The van der Waals surface area contributed by atoms with Crippen LogP contribution in [0, 0.1) is 12.8 Å². The monoisotopic (exact) mass is 511 g/mol. The Morgan fingerprint density at radius 2 is 1.84 bits per heavy atom. The van der Waals surface area contributed by atoms with Crippen LogP contribution in [0.25, 0.3) is 5.52 Å². The van der Waals surface area contributed by atoms with Crippen molar-refractivity contribution in [3.05, 3.63) is 30.1 Å². The van der Waals surface area contributed by atoms with Gasteiger partial charge in [-0.25, -0.2) is 9.31 Å². The van der Waals surface area contributed by atoms with E-state index in [9.17, 15) is 9.59 Å². The van der Waals surface area contributed by atoms with Crippen molar-refractivity contribution in [3.8, 4) is 0 Å². The number of aryl methyl sites for hydroxylation is 1. The number of aromatic amines is 1. The molecule has 2 amide bonds. The van der Waals surface area contributed by atoms with Crippen LogP contribution in [-0.2, 0) is 9.53 Å². The van der Waals surface area contributed by atoms with E-state index >= 15 is 0 Å². The third-order valence-electron chi connectivity index (χ3n) is 6.54. The Balaban J connectivity index is 1.47. The number of fused-ring (bicyclic) bond motifs is 1. The third-order valence-corrected chi connectivity index (χ3v) is 6.54. The fourth-order valence-corrected chi connectivity index (χ4v) is 4.15. The molecule has 4 heterocycles. The number of nitrogens with one attached hydrogen (secondary N) is 3. The third kappa shape index (κ3) is 5.78. The van der Waals surface area contributed by atoms with Crippen LogP contribution in [0.1, 0.15) is 47.2 Å². The first-order chi connectivity index (χ1) is 17.4. The molecule has 0 radical (unpaired) electrons. The number of alkyl carbamates (subject to hydrolysis) is 1. The molecular formula is C25H37N9O3. The first-order valence-corrected chi connectivity index (χ1v) is 12.6. The molecule has 0 saturated carbocycles. The van der Waals surface area contributed by atoms with Gasteiger partial charge >= 0.3 is 6.09 Å². The number of amides is 2. The van der Waals surface area contributed by atoms with Crippen LogP contribution >= 0.6 is 0 Å². The summed E-state index contributed by atoms with van der Waals surface area (Å²) < 4.78 is 7.20. The number of hydrogen-bond acceptors (Lipinski definition) is 8. The molecule has 1 aliphatic heterocycles. The number of carbonyl (C=O) groups excluding carboxylic acids is 2. The molecule has 12 heteroatoms. The molecule has 1 fully saturated rings. The molecule has 4 rings (SSSR count). The summed E-state index contributed by atoms with van der Waals surface area (Å²) in [6, 6.07) is 5.76. The largest absolute Gasteiger partial charge is 0.444 e. The Morgan fingerprint density at radius 1 is 1.14 bits per heavy atom. The molecular weight excluding hydrogens is 474 g/mol. The lowest BCUT2D eigenvalue weighted by Crippen LogP contribution is -2.63. The highest BCUT2D eigenvalue weighted by atomic mass is 16.6. The maximum atomic E-state index is 13.6. The molecule has 0 bridgehead atoms. The molecule has 1 saturated heterocycles. The predicted octanol–water partition coefficient (Wildman–Crippen LogP) is 3.09. The van der Waals surface area contributed by atoms with Crippen molar-refractivity contribution >= 4 is 35.1 Å². The van der Waals surface area contributed by atoms with E-state index in [0.717, 1.165) is 11.2 Å². The van der Waals surface area contributed by atoms with Gasteiger partial charge in [-0.2, -0.15) is 10.1 Å². The van der Waals surface area contributed by atoms with Crippen molar-refractivity contribution in [2.75, 3.05) is 36.4 Å². The summed E-state index contributed by atoms with van der Waals surface area (Å²) in [6.45, 7) is 15.0. The smallest absolute Gasteiger partial charge is 0.408 e. The van der Waals surface area contributed by atoms with Crippen LogP contribution in [0.3, 0.4) is 0 Å². The lowest BCUT2D eigenvalue weighted by Gasteiger charge is -2.41. The lowest BCUT2D eigenvalue weighted by atomic mass is 9.86. The molecule has 0 aromatic carbocycles. The van der Waals surface area contributed by atoms with Gasteiger partial charge in [-0.3, -0.25) is 9.89 Å². The highest BCUT2D eigenvalue weighted by Gasteiger charge is 2.43. The van der Waals surface area contributed by atoms with Crippen LogP contribution in [-0.4, -0.2) is 79.0 Å². The maximum Gasteiger partial charge on any atom is 0.408 e. The highest BCUT2D eigenvalue weighted by Crippen LogP contribution is 2.25. The van der Waals surface area contributed by atoms with Crippen LogP contribution in [0.2, 0.25) is 0 Å². The molecule has 0 spiro atoms. The topological polar surface area (TPSA) is 133 Å². The quantitative estimate of drug-likeness (QED) is 0.460. The van der Waals surface area contributed by atoms with Crippen LogP contribution in [0.5, 0.6) is 0 Å². The van der Waals surface area contributed by atoms with Crippen molar-refractivity contribution in [2.24, 2.45) is 5.92 Å². The van der Waals surface area contributed by atoms with E-state index < -0.39 is 17.2 Å². The molecule has 0 aliphatic carbocycles. The maximum absolute atomic E-state index is 13.6. The standard InChI is InChI=1S/C25H37N9O3/c1-16(2)25(7,28-23(36)37-24(4,5)6)21(35)32-11-13-33(14-12-32)22-27-20(18-9-8-10-34(18)31-22)26-19-15-17(3)29-30-19/h8-10,15-16H,11-14H2,1-7H3,(H,28,36)(H2,26,27,29,30,31). The van der Waals surface area contributed by atoms with Crippen molar-refractivity contribution < 1.29 is 14.3 Å². The molecule has 1 aliphatic rings. The van der Waals surface area contributed by atoms with E-state index in [-0.39, 0.29) is 11.8 Å². The van der Waals surface area contributed by atoms with Gasteiger partial charge in [0.2, 0.25) is 11.9 Å². The fraction of sp³-hybridized carbons (Fsp3) is 0.560. The first kappa shape index (κ1) is 26.2. The van der Waals surface area contributed by atoms with Gasteiger partial charge in [0.15, 0.2) is 11.6 Å². The first-order valence-electron chi connectivity index (χ1n) is 12.6. The predicted molar refractivity (Wildman–Crippen MR) is 141 cm³/mol. The van der Waals surface area contributed by atoms with Crippen LogP contribution in [0.15, 0.2) is 24.4 Å². The number of H-pyrrole nitrogens is 1. The van der Waals surface area contributed by atoms with Crippen molar-refractivity contribution in [1.29, 1.82) is 0 Å². The van der Waals surface area contributed by atoms with E-state index in [2.05, 4.69) is 30.8 Å². The van der Waals surface area contributed by atoms with E-state index in [1.807, 2.05) is 45.2 Å². The second-order valence-corrected chi connectivity index (χ2v) is 10.9. The number of anilines is 3. The number of piperazine rings is 1. The average molecular weight is 512 g/mol. The van der Waals surface area contributed by atoms with Crippen molar-refractivity contribution in [3.63, 3.8) is 0 Å². The van der Waals surface area contributed by atoms with Crippen molar-refractivity contribution in [2.45, 2.75) is 59.6 Å². The molecule has 1 atom stereocenters. The summed E-state index contributed by atoms with van der Waals surface area (Å²) in [4.78, 5) is 34.7. The van der Waals surface area contributed by atoms with Gasteiger partial charge in [0.05, 0.1) is 0 Å². The molecule has 37 heavy (non-hydrogen) atoms. The Bertz CT molecular complexity index is 1270. The molecule has 200 valence electrons. The molecule has 3 aromatic rings. The van der Waals surface area contributed by atoms with E-state index in [1.165, 1.54) is 0 Å². The summed E-state index contributed by atoms with van der Waals surface area (Å²) in [7, 11) is 0. The molecule has 3 aromatic heterocycles. The van der Waals surface area contributed by atoms with Crippen LogP contribution < -0.4 is 15.5 Å². The zero-order chi connectivity index (χ0) is 27.0. The number of carbonyl (C=O) groups is 2. The normalized spacial score (nSPS) is 16.1. The number of rotatable bonds is 6. The van der Waals surface area contributed by atoms with Gasteiger partial charge in [-0.05, 0) is 52.7 Å². The zero-order valence-corrected chi connectivity index (χ0v) is 22.6. The molecule has 1 unspecified atom stereocenters. The number of aromatic nitrogens is 5. The molecule has 12 nitrogen and oxygen atoms in total. The number of hydrogen-bond donors (Lipinski definition) is 3. The average Bonchev–Trinajstić information content (AvgIpc) is 3.46. The second-order valence-electron chi connectivity index (χ2n) is 10.9.